The number of nitrogens with zero attached hydrogens (tertiary/aromatic N) is 2. The molecular formula is C14H23N3O. The molecule has 1 N–H and O–H groups in total. The third-order valence-electron chi connectivity index (χ3n) is 3.13. The van der Waals surface area contributed by atoms with Crippen molar-refractivity contribution in [1.29, 1.82) is 0 Å². The van der Waals surface area contributed by atoms with Crippen LogP contribution in [0.15, 0.2) is 12.4 Å². The third kappa shape index (κ3) is 4.26. The molecule has 18 heavy (non-hydrogen) atoms. The first-order chi connectivity index (χ1) is 8.74. The monoisotopic (exact) mass is 249 g/mol. The van der Waals surface area contributed by atoms with Crippen LogP contribution in [0.2, 0.25) is 0 Å². The minimum atomic E-state index is 0.351. The summed E-state index contributed by atoms with van der Waals surface area (Å²) in [4.78, 5) is 8.68. The lowest BCUT2D eigenvalue weighted by Crippen LogP contribution is -2.20. The highest BCUT2D eigenvalue weighted by Gasteiger charge is 2.16. The van der Waals surface area contributed by atoms with Crippen LogP contribution in [0.25, 0.3) is 0 Å². The van der Waals surface area contributed by atoms with Crippen molar-refractivity contribution in [2.24, 2.45) is 5.92 Å². The summed E-state index contributed by atoms with van der Waals surface area (Å²) < 4.78 is 5.78. The fourth-order valence-corrected chi connectivity index (χ4v) is 2.16. The standard InChI is InChI=1S/C14H23N3O/c1-11(2)7-15-8-12-9-17-14(10-16-12)18-13-5-3-4-6-13/h9-11,13,15H,3-8H2,1-2H3. The second kappa shape index (κ2) is 6.69. The van der Waals surface area contributed by atoms with Gasteiger partial charge in [0.1, 0.15) is 6.10 Å². The SMILES string of the molecule is CC(C)CNCc1cnc(OC2CCCC2)cn1. The lowest BCUT2D eigenvalue weighted by molar-refractivity contribution is 0.200. The molecule has 0 amide bonds. The van der Waals surface area contributed by atoms with Crippen LogP contribution < -0.4 is 10.1 Å². The lowest BCUT2D eigenvalue weighted by Gasteiger charge is -2.12. The molecule has 1 heterocycles. The molecule has 0 radical (unpaired) electrons. The van der Waals surface area contributed by atoms with Crippen molar-refractivity contribution in [3.05, 3.63) is 18.1 Å². The lowest BCUT2D eigenvalue weighted by atomic mass is 10.2. The van der Waals surface area contributed by atoms with Gasteiger partial charge in [0.05, 0.1) is 18.1 Å². The molecule has 0 aromatic carbocycles. The largest absolute Gasteiger partial charge is 0.473 e. The fraction of sp³-hybridized carbons (Fsp3) is 0.714. The van der Waals surface area contributed by atoms with E-state index in [0.29, 0.717) is 17.9 Å². The van der Waals surface area contributed by atoms with E-state index in [1.165, 1.54) is 12.8 Å². The Bertz CT molecular complexity index is 345. The van der Waals surface area contributed by atoms with Crippen molar-refractivity contribution in [1.82, 2.24) is 15.3 Å². The Kier molecular flexibility index (Phi) is 4.93. The second-order valence-electron chi connectivity index (χ2n) is 5.40. The van der Waals surface area contributed by atoms with Crippen LogP contribution in [0, 0.1) is 5.92 Å². The minimum absolute atomic E-state index is 0.351. The van der Waals surface area contributed by atoms with Gasteiger partial charge in [-0.2, -0.15) is 0 Å². The van der Waals surface area contributed by atoms with E-state index in [0.717, 1.165) is 31.6 Å². The molecule has 100 valence electrons. The van der Waals surface area contributed by atoms with E-state index in [1.54, 1.807) is 12.4 Å². The Labute approximate surface area is 109 Å². The van der Waals surface area contributed by atoms with Gasteiger partial charge in [-0.15, -0.1) is 0 Å². The van der Waals surface area contributed by atoms with Gasteiger partial charge in [-0.05, 0) is 38.1 Å². The predicted molar refractivity (Wildman–Crippen MR) is 71.5 cm³/mol. The quantitative estimate of drug-likeness (QED) is 0.841. The van der Waals surface area contributed by atoms with Crippen molar-refractivity contribution in [2.75, 3.05) is 6.54 Å². The predicted octanol–water partition coefficient (Wildman–Crippen LogP) is 2.54. The number of aromatic nitrogens is 2. The maximum Gasteiger partial charge on any atom is 0.232 e. The van der Waals surface area contributed by atoms with Gasteiger partial charge in [0.2, 0.25) is 5.88 Å². The number of hydrogen-bond donors (Lipinski definition) is 1. The van der Waals surface area contributed by atoms with Gasteiger partial charge < -0.3 is 10.1 Å². The molecule has 0 atom stereocenters. The molecule has 2 rings (SSSR count). The molecular weight excluding hydrogens is 226 g/mol. The van der Waals surface area contributed by atoms with Gasteiger partial charge in [-0.25, -0.2) is 4.98 Å². The van der Waals surface area contributed by atoms with Crippen LogP contribution in [0.1, 0.15) is 45.2 Å². The summed E-state index contributed by atoms with van der Waals surface area (Å²) in [5.41, 5.74) is 0.967. The number of hydrogen-bond acceptors (Lipinski definition) is 4. The molecule has 1 aromatic rings. The fourth-order valence-electron chi connectivity index (χ4n) is 2.16. The van der Waals surface area contributed by atoms with E-state index in [9.17, 15) is 0 Å². The Morgan fingerprint density at radius 3 is 2.67 bits per heavy atom. The molecule has 1 saturated carbocycles. The Morgan fingerprint density at radius 1 is 1.28 bits per heavy atom. The van der Waals surface area contributed by atoms with E-state index >= 15 is 0 Å². The number of nitrogens with one attached hydrogen (secondary N) is 1. The molecule has 0 unspecified atom stereocenters. The Hall–Kier alpha value is -1.16. The summed E-state index contributed by atoms with van der Waals surface area (Å²) in [6, 6.07) is 0. The number of rotatable bonds is 6. The number of ether oxygens (including phenoxy) is 1. The highest BCUT2D eigenvalue weighted by atomic mass is 16.5. The smallest absolute Gasteiger partial charge is 0.232 e. The van der Waals surface area contributed by atoms with Crippen molar-refractivity contribution in [3.8, 4) is 5.88 Å². The van der Waals surface area contributed by atoms with Crippen LogP contribution in [-0.4, -0.2) is 22.6 Å². The maximum atomic E-state index is 5.78. The van der Waals surface area contributed by atoms with Gasteiger partial charge >= 0.3 is 0 Å². The first-order valence-corrected chi connectivity index (χ1v) is 6.92. The molecule has 1 aliphatic rings. The van der Waals surface area contributed by atoms with Crippen LogP contribution >= 0.6 is 0 Å². The van der Waals surface area contributed by atoms with Crippen LogP contribution in [0.5, 0.6) is 5.88 Å². The topological polar surface area (TPSA) is 47.0 Å². The molecule has 0 spiro atoms. The van der Waals surface area contributed by atoms with Crippen molar-refractivity contribution < 1.29 is 4.74 Å². The zero-order valence-corrected chi connectivity index (χ0v) is 11.4. The van der Waals surface area contributed by atoms with Crippen LogP contribution in [-0.2, 0) is 6.54 Å². The third-order valence-corrected chi connectivity index (χ3v) is 3.13. The zero-order chi connectivity index (χ0) is 12.8. The highest BCUT2D eigenvalue weighted by molar-refractivity contribution is 5.07. The van der Waals surface area contributed by atoms with Crippen LogP contribution in [0.3, 0.4) is 0 Å². The molecule has 0 saturated heterocycles. The van der Waals surface area contributed by atoms with Gasteiger partial charge in [-0.1, -0.05) is 13.8 Å². The summed E-state index contributed by atoms with van der Waals surface area (Å²) >= 11 is 0. The molecule has 0 aliphatic heterocycles. The van der Waals surface area contributed by atoms with Gasteiger partial charge in [0, 0.05) is 6.54 Å². The van der Waals surface area contributed by atoms with E-state index in [4.69, 9.17) is 4.74 Å². The average Bonchev–Trinajstić information content (AvgIpc) is 2.84. The maximum absolute atomic E-state index is 5.78. The summed E-state index contributed by atoms with van der Waals surface area (Å²) in [5, 5.41) is 3.35. The van der Waals surface area contributed by atoms with Gasteiger partial charge in [0.25, 0.3) is 0 Å². The molecule has 1 aliphatic carbocycles. The second-order valence-corrected chi connectivity index (χ2v) is 5.40. The summed E-state index contributed by atoms with van der Waals surface area (Å²) in [5.74, 6) is 1.32. The zero-order valence-electron chi connectivity index (χ0n) is 11.4. The normalized spacial score (nSPS) is 16.4. The molecule has 1 fully saturated rings. The van der Waals surface area contributed by atoms with E-state index in [1.807, 2.05) is 0 Å². The summed E-state index contributed by atoms with van der Waals surface area (Å²) in [6.07, 6.45) is 8.75. The molecule has 4 nitrogen and oxygen atoms in total. The van der Waals surface area contributed by atoms with Crippen molar-refractivity contribution in [2.45, 2.75) is 52.2 Å². The Balaban J connectivity index is 1.77. The molecule has 1 aromatic heterocycles. The van der Waals surface area contributed by atoms with E-state index < -0.39 is 0 Å². The van der Waals surface area contributed by atoms with Gasteiger partial charge in [-0.3, -0.25) is 4.98 Å². The van der Waals surface area contributed by atoms with Gasteiger partial charge in [0.15, 0.2) is 0 Å². The highest BCUT2D eigenvalue weighted by Crippen LogP contribution is 2.22. The summed E-state index contributed by atoms with van der Waals surface area (Å²) in [6.45, 7) is 6.16. The molecule has 4 heteroatoms. The van der Waals surface area contributed by atoms with E-state index in [2.05, 4.69) is 29.1 Å². The summed E-state index contributed by atoms with van der Waals surface area (Å²) in [7, 11) is 0. The first kappa shape index (κ1) is 13.3. The van der Waals surface area contributed by atoms with Crippen LogP contribution in [0.4, 0.5) is 0 Å². The first-order valence-electron chi connectivity index (χ1n) is 6.92. The van der Waals surface area contributed by atoms with Crippen molar-refractivity contribution in [3.63, 3.8) is 0 Å². The molecule has 0 bridgehead atoms. The van der Waals surface area contributed by atoms with Crippen molar-refractivity contribution >= 4 is 0 Å². The Morgan fingerprint density at radius 2 is 2.06 bits per heavy atom. The minimum Gasteiger partial charge on any atom is -0.473 e. The van der Waals surface area contributed by atoms with E-state index in [-0.39, 0.29) is 0 Å². The average molecular weight is 249 g/mol.